The van der Waals surface area contributed by atoms with Gasteiger partial charge in [-0.25, -0.2) is 0 Å². The van der Waals surface area contributed by atoms with Gasteiger partial charge in [0.25, 0.3) is 0 Å². The summed E-state index contributed by atoms with van der Waals surface area (Å²) < 4.78 is 1.38. The summed E-state index contributed by atoms with van der Waals surface area (Å²) in [7, 11) is 1.57. The molecule has 1 aromatic rings. The number of nitrogens with zero attached hydrogens (tertiary/aromatic N) is 2. The number of hydrogen-bond acceptors (Lipinski definition) is 4. The van der Waals surface area contributed by atoms with Gasteiger partial charge < -0.3 is 0 Å². The van der Waals surface area contributed by atoms with Gasteiger partial charge >= 0.3 is 148 Å². The summed E-state index contributed by atoms with van der Waals surface area (Å²) in [6.07, 6.45) is 2.45. The van der Waals surface area contributed by atoms with Crippen LogP contribution >= 0.6 is 0 Å². The molecule has 6 heteroatoms. The number of imide groups is 1. The van der Waals surface area contributed by atoms with Crippen molar-refractivity contribution in [2.75, 3.05) is 7.05 Å². The van der Waals surface area contributed by atoms with Gasteiger partial charge in [0.1, 0.15) is 0 Å². The molecule has 3 saturated heterocycles. The molecule has 4 atom stereocenters. The molecule has 3 aliphatic heterocycles. The summed E-state index contributed by atoms with van der Waals surface area (Å²) in [5.74, 6) is -0.612. The Morgan fingerprint density at radius 1 is 1.25 bits per heavy atom. The van der Waals surface area contributed by atoms with E-state index in [2.05, 4.69) is 31.2 Å². The quantitative estimate of drug-likeness (QED) is 0.568. The summed E-state index contributed by atoms with van der Waals surface area (Å²) in [5, 5.41) is 3.07. The Labute approximate surface area is 148 Å². The number of hydrogen-bond donors (Lipinski definition) is 0. The van der Waals surface area contributed by atoms with E-state index in [1.165, 1.54) is 9.36 Å². The maximum absolute atomic E-state index is 12.5. The molecule has 0 saturated carbocycles. The van der Waals surface area contributed by atoms with Crippen LogP contribution in [-0.4, -0.2) is 61.5 Å². The van der Waals surface area contributed by atoms with Crippen LogP contribution in [0, 0.1) is 5.92 Å². The Bertz CT molecular complexity index is 667. The van der Waals surface area contributed by atoms with Crippen molar-refractivity contribution in [3.8, 4) is 0 Å². The Kier molecular flexibility index (Phi) is 4.04. The molecule has 2 amide bonds. The summed E-state index contributed by atoms with van der Waals surface area (Å²) in [6, 6.07) is 10.8. The van der Waals surface area contributed by atoms with Gasteiger partial charge in [-0.05, 0) is 0 Å². The number of piperidine rings is 1. The van der Waals surface area contributed by atoms with E-state index in [1.54, 1.807) is 7.05 Å². The summed E-state index contributed by atoms with van der Waals surface area (Å²) >= 11 is 0.371. The molecule has 0 aliphatic carbocycles. The number of hydroxylamine groups is 2. The fraction of sp³-hybridized carbons (Fsp3) is 0.556. The Hall–Kier alpha value is -1.20. The molecule has 0 bridgehead atoms. The second-order valence-electron chi connectivity index (χ2n) is 7.09. The van der Waals surface area contributed by atoms with Crippen LogP contribution in [0.5, 0.6) is 0 Å². The molecule has 3 aliphatic rings. The van der Waals surface area contributed by atoms with Crippen molar-refractivity contribution in [1.82, 2.24) is 9.96 Å². The third-order valence-corrected chi connectivity index (χ3v) is 8.04. The van der Waals surface area contributed by atoms with Crippen molar-refractivity contribution >= 4 is 31.2 Å². The molecule has 128 valence electrons. The van der Waals surface area contributed by atoms with E-state index in [0.717, 1.165) is 24.6 Å². The van der Waals surface area contributed by atoms with Crippen molar-refractivity contribution in [3.05, 3.63) is 30.3 Å². The zero-order valence-electron chi connectivity index (χ0n) is 14.0. The number of fused-ring (bicyclic) bond motifs is 3. The van der Waals surface area contributed by atoms with Gasteiger partial charge in [-0.15, -0.1) is 0 Å². The SMILES string of the molecule is CN1C(=O)[C@@H]2[C@@H](ON3[C@@H](C[Se]c4ccccc4)CCC[C@]23C)C1=O. The Morgan fingerprint density at radius 3 is 2.75 bits per heavy atom. The second kappa shape index (κ2) is 5.95. The van der Waals surface area contributed by atoms with Crippen molar-refractivity contribution in [2.45, 2.75) is 49.2 Å². The summed E-state index contributed by atoms with van der Waals surface area (Å²) in [6.45, 7) is 2.10. The van der Waals surface area contributed by atoms with E-state index in [1.807, 2.05) is 11.1 Å². The monoisotopic (exact) mass is 394 g/mol. The van der Waals surface area contributed by atoms with E-state index in [4.69, 9.17) is 4.84 Å². The van der Waals surface area contributed by atoms with Crippen molar-refractivity contribution in [2.24, 2.45) is 5.92 Å². The summed E-state index contributed by atoms with van der Waals surface area (Å²) in [4.78, 5) is 32.2. The molecular weight excluding hydrogens is 371 g/mol. The van der Waals surface area contributed by atoms with Crippen LogP contribution in [0.2, 0.25) is 5.32 Å². The zero-order valence-corrected chi connectivity index (χ0v) is 15.7. The van der Waals surface area contributed by atoms with Crippen LogP contribution in [0.1, 0.15) is 26.2 Å². The van der Waals surface area contributed by atoms with Crippen LogP contribution in [0.4, 0.5) is 0 Å². The molecule has 5 nitrogen and oxygen atoms in total. The number of carbonyl (C=O) groups excluding carboxylic acids is 2. The number of likely N-dealkylation sites (N-methyl/N-ethyl adjacent to an activating group) is 1. The van der Waals surface area contributed by atoms with Crippen molar-refractivity contribution in [3.63, 3.8) is 0 Å². The Balaban J connectivity index is 1.54. The van der Waals surface area contributed by atoms with Crippen LogP contribution in [0.25, 0.3) is 0 Å². The maximum atomic E-state index is 12.5. The van der Waals surface area contributed by atoms with Crippen LogP contribution in [0.15, 0.2) is 30.3 Å². The predicted octanol–water partition coefficient (Wildman–Crippen LogP) is 0.976. The predicted molar refractivity (Wildman–Crippen MR) is 90.7 cm³/mol. The van der Waals surface area contributed by atoms with Crippen LogP contribution in [-0.2, 0) is 14.4 Å². The molecule has 0 N–H and O–H groups in total. The third-order valence-electron chi connectivity index (χ3n) is 5.61. The van der Waals surface area contributed by atoms with E-state index in [0.29, 0.717) is 21.0 Å². The molecule has 3 heterocycles. The van der Waals surface area contributed by atoms with Gasteiger partial charge in [0.05, 0.1) is 0 Å². The normalized spacial score (nSPS) is 36.1. The zero-order chi connectivity index (χ0) is 16.9. The van der Waals surface area contributed by atoms with Crippen LogP contribution < -0.4 is 4.46 Å². The van der Waals surface area contributed by atoms with Crippen LogP contribution in [0.3, 0.4) is 0 Å². The first-order valence-electron chi connectivity index (χ1n) is 8.48. The number of carbonyl (C=O) groups is 2. The average molecular weight is 393 g/mol. The molecular formula is C18H22N2O3Se. The summed E-state index contributed by atoms with van der Waals surface area (Å²) in [5.41, 5.74) is -0.349. The average Bonchev–Trinajstić information content (AvgIpc) is 3.02. The fourth-order valence-electron chi connectivity index (χ4n) is 4.30. The Morgan fingerprint density at radius 2 is 2.00 bits per heavy atom. The van der Waals surface area contributed by atoms with Crippen molar-refractivity contribution in [1.29, 1.82) is 0 Å². The number of benzene rings is 1. The first-order chi connectivity index (χ1) is 11.5. The van der Waals surface area contributed by atoms with Gasteiger partial charge in [0.15, 0.2) is 0 Å². The molecule has 4 rings (SSSR count). The van der Waals surface area contributed by atoms with E-state index in [9.17, 15) is 9.59 Å². The molecule has 24 heavy (non-hydrogen) atoms. The standard InChI is InChI=1S/C18H22N2O3Se/c1-18-10-6-7-12(11-24-13-8-4-3-5-9-13)20(18)23-15-14(18)16(21)19(2)17(15)22/h3-5,8-9,12,14-15H,6-7,10-11H2,1-2H3/t12-,14+,15-,18-/m1/s1. The third kappa shape index (κ3) is 2.36. The minimum absolute atomic E-state index is 0.0794. The first kappa shape index (κ1) is 16.3. The molecule has 0 unspecified atom stereocenters. The van der Waals surface area contributed by atoms with Gasteiger partial charge in [-0.2, -0.15) is 0 Å². The number of likely N-dealkylation sites (tertiary alicyclic amines) is 1. The van der Waals surface area contributed by atoms with Gasteiger partial charge in [-0.1, -0.05) is 0 Å². The topological polar surface area (TPSA) is 49.9 Å². The van der Waals surface area contributed by atoms with Gasteiger partial charge in [-0.3, -0.25) is 0 Å². The molecule has 0 radical (unpaired) electrons. The van der Waals surface area contributed by atoms with E-state index in [-0.39, 0.29) is 23.3 Å². The van der Waals surface area contributed by atoms with Crippen molar-refractivity contribution < 1.29 is 14.4 Å². The molecule has 1 aromatic carbocycles. The molecule has 0 spiro atoms. The van der Waals surface area contributed by atoms with E-state index >= 15 is 0 Å². The number of amides is 2. The minimum atomic E-state index is -0.614. The second-order valence-corrected chi connectivity index (χ2v) is 9.39. The van der Waals surface area contributed by atoms with Gasteiger partial charge in [0, 0.05) is 0 Å². The fourth-order valence-corrected chi connectivity index (χ4v) is 6.47. The van der Waals surface area contributed by atoms with E-state index < -0.39 is 6.10 Å². The first-order valence-corrected chi connectivity index (χ1v) is 10.5. The molecule has 3 fully saturated rings. The van der Waals surface area contributed by atoms with Gasteiger partial charge in [0.2, 0.25) is 0 Å². The number of rotatable bonds is 3. The molecule has 0 aromatic heterocycles.